The predicted octanol–water partition coefficient (Wildman–Crippen LogP) is 2.11. The van der Waals surface area contributed by atoms with Gasteiger partial charge in [0, 0.05) is 0 Å². The van der Waals surface area contributed by atoms with Gasteiger partial charge in [0.2, 0.25) is 5.91 Å². The van der Waals surface area contributed by atoms with Crippen LogP contribution in [0.25, 0.3) is 0 Å². The number of carbonyl (C=O) groups is 1. The van der Waals surface area contributed by atoms with Crippen molar-refractivity contribution in [3.05, 3.63) is 35.4 Å². The topological polar surface area (TPSA) is 55.1 Å². The average Bonchev–Trinajstić information content (AvgIpc) is 2.31. The van der Waals surface area contributed by atoms with E-state index in [1.165, 1.54) is 5.56 Å². The molecule has 1 amide bonds. The highest BCUT2D eigenvalue weighted by Gasteiger charge is 2.14. The first kappa shape index (κ1) is 14.6. The zero-order valence-electron chi connectivity index (χ0n) is 10.9. The summed E-state index contributed by atoms with van der Waals surface area (Å²) in [5, 5.41) is 2.88. The maximum atomic E-state index is 11.9. The molecule has 0 heterocycles. The van der Waals surface area contributed by atoms with Gasteiger partial charge in [-0.05, 0) is 18.9 Å². The lowest BCUT2D eigenvalue weighted by molar-refractivity contribution is -0.120. The molecule has 1 atom stereocenters. The van der Waals surface area contributed by atoms with E-state index in [2.05, 4.69) is 5.32 Å². The zero-order chi connectivity index (χ0) is 13.5. The van der Waals surface area contributed by atoms with Gasteiger partial charge < -0.3 is 11.1 Å². The zero-order valence-corrected chi connectivity index (χ0v) is 11.7. The second kappa shape index (κ2) is 7.11. The smallest absolute Gasteiger partial charge is 0.224 e. The molecule has 1 aromatic rings. The van der Waals surface area contributed by atoms with Crippen LogP contribution in [0.5, 0.6) is 0 Å². The monoisotopic (exact) mass is 264 g/mol. The van der Waals surface area contributed by atoms with Crippen LogP contribution in [0.15, 0.2) is 24.3 Å². The standard InChI is InChI=1S/C14H20N2OS/c1-3-4-12(14(15)18)16-13(17)9-11-7-5-10(2)6-8-11/h5-8,12H,3-4,9H2,1-2H3,(H2,15,18)(H,16,17). The Labute approximate surface area is 114 Å². The second-order valence-corrected chi connectivity index (χ2v) is 4.94. The van der Waals surface area contributed by atoms with Crippen molar-refractivity contribution in [2.45, 2.75) is 39.2 Å². The number of carbonyl (C=O) groups excluding carboxylic acids is 1. The average molecular weight is 264 g/mol. The number of thiocarbonyl (C=S) groups is 1. The van der Waals surface area contributed by atoms with Crippen molar-refractivity contribution < 1.29 is 4.79 Å². The van der Waals surface area contributed by atoms with E-state index >= 15 is 0 Å². The van der Waals surface area contributed by atoms with Crippen LogP contribution >= 0.6 is 12.2 Å². The fourth-order valence-corrected chi connectivity index (χ4v) is 1.89. The first-order valence-electron chi connectivity index (χ1n) is 6.17. The molecule has 0 aromatic heterocycles. The largest absolute Gasteiger partial charge is 0.392 e. The van der Waals surface area contributed by atoms with Gasteiger partial charge in [-0.3, -0.25) is 4.79 Å². The highest BCUT2D eigenvalue weighted by Crippen LogP contribution is 2.05. The molecule has 1 aromatic carbocycles. The van der Waals surface area contributed by atoms with Crippen molar-refractivity contribution in [1.82, 2.24) is 5.32 Å². The Bertz CT molecular complexity index is 414. The lowest BCUT2D eigenvalue weighted by atomic mass is 10.1. The fourth-order valence-electron chi connectivity index (χ4n) is 1.71. The molecule has 1 unspecified atom stereocenters. The summed E-state index contributed by atoms with van der Waals surface area (Å²) < 4.78 is 0. The minimum atomic E-state index is -0.192. The number of hydrogen-bond acceptors (Lipinski definition) is 2. The van der Waals surface area contributed by atoms with Crippen molar-refractivity contribution in [1.29, 1.82) is 0 Å². The van der Waals surface area contributed by atoms with Crippen molar-refractivity contribution in [3.8, 4) is 0 Å². The van der Waals surface area contributed by atoms with Gasteiger partial charge in [-0.15, -0.1) is 0 Å². The molecule has 0 spiro atoms. The summed E-state index contributed by atoms with van der Waals surface area (Å²) in [4.78, 5) is 12.2. The molecule has 1 rings (SSSR count). The van der Waals surface area contributed by atoms with Gasteiger partial charge in [0.25, 0.3) is 0 Å². The summed E-state index contributed by atoms with van der Waals surface area (Å²) in [5.74, 6) is -0.0369. The molecule has 0 aliphatic carbocycles. The summed E-state index contributed by atoms with van der Waals surface area (Å²) in [6.45, 7) is 4.06. The summed E-state index contributed by atoms with van der Waals surface area (Å²) >= 11 is 4.95. The van der Waals surface area contributed by atoms with Crippen LogP contribution in [0.4, 0.5) is 0 Å². The molecule has 0 aliphatic heterocycles. The highest BCUT2D eigenvalue weighted by molar-refractivity contribution is 7.80. The Morgan fingerprint density at radius 2 is 2.00 bits per heavy atom. The quantitative estimate of drug-likeness (QED) is 0.774. The molecule has 98 valence electrons. The van der Waals surface area contributed by atoms with Crippen molar-refractivity contribution in [2.75, 3.05) is 0 Å². The Kier molecular flexibility index (Phi) is 5.78. The summed E-state index contributed by atoms with van der Waals surface area (Å²) in [6, 6.07) is 7.73. The highest BCUT2D eigenvalue weighted by atomic mass is 32.1. The first-order valence-corrected chi connectivity index (χ1v) is 6.58. The van der Waals surface area contributed by atoms with Crippen molar-refractivity contribution in [3.63, 3.8) is 0 Å². The maximum Gasteiger partial charge on any atom is 0.224 e. The SMILES string of the molecule is CCCC(NC(=O)Cc1ccc(C)cc1)C(N)=S. The number of nitrogens with two attached hydrogens (primary N) is 1. The normalized spacial score (nSPS) is 11.9. The van der Waals surface area contributed by atoms with Crippen LogP contribution in [-0.4, -0.2) is 16.9 Å². The van der Waals surface area contributed by atoms with Gasteiger partial charge >= 0.3 is 0 Å². The molecule has 0 saturated carbocycles. The first-order chi connectivity index (χ1) is 8.52. The molecule has 0 aliphatic rings. The van der Waals surface area contributed by atoms with Crippen LogP contribution in [0.3, 0.4) is 0 Å². The van der Waals surface area contributed by atoms with Gasteiger partial charge in [0.15, 0.2) is 0 Å². The summed E-state index contributed by atoms with van der Waals surface area (Å²) in [7, 11) is 0. The van der Waals surface area contributed by atoms with E-state index in [0.717, 1.165) is 18.4 Å². The number of hydrogen-bond donors (Lipinski definition) is 2. The molecule has 0 fully saturated rings. The third-order valence-electron chi connectivity index (χ3n) is 2.74. The lowest BCUT2D eigenvalue weighted by Crippen LogP contribution is -2.43. The van der Waals surface area contributed by atoms with E-state index < -0.39 is 0 Å². The molecule has 3 N–H and O–H groups in total. The fraction of sp³-hybridized carbons (Fsp3) is 0.429. The molecule has 0 bridgehead atoms. The van der Waals surface area contributed by atoms with E-state index in [4.69, 9.17) is 18.0 Å². The Morgan fingerprint density at radius 3 is 2.50 bits per heavy atom. The molecule has 18 heavy (non-hydrogen) atoms. The number of rotatable bonds is 6. The molecular formula is C14H20N2OS. The minimum Gasteiger partial charge on any atom is -0.392 e. The minimum absolute atomic E-state index is 0.0369. The van der Waals surface area contributed by atoms with Crippen LogP contribution < -0.4 is 11.1 Å². The van der Waals surface area contributed by atoms with Gasteiger partial charge in [0.1, 0.15) is 0 Å². The Morgan fingerprint density at radius 1 is 1.39 bits per heavy atom. The summed E-state index contributed by atoms with van der Waals surface area (Å²) in [5.41, 5.74) is 7.78. The van der Waals surface area contributed by atoms with E-state index in [-0.39, 0.29) is 11.9 Å². The van der Waals surface area contributed by atoms with E-state index in [9.17, 15) is 4.79 Å². The number of amides is 1. The van der Waals surface area contributed by atoms with Crippen LogP contribution in [0.1, 0.15) is 30.9 Å². The van der Waals surface area contributed by atoms with Gasteiger partial charge in [-0.2, -0.15) is 0 Å². The lowest BCUT2D eigenvalue weighted by Gasteiger charge is -2.16. The van der Waals surface area contributed by atoms with Gasteiger partial charge in [-0.25, -0.2) is 0 Å². The maximum absolute atomic E-state index is 11.9. The number of benzene rings is 1. The van der Waals surface area contributed by atoms with E-state index in [1.807, 2.05) is 38.1 Å². The van der Waals surface area contributed by atoms with E-state index in [0.29, 0.717) is 11.4 Å². The summed E-state index contributed by atoms with van der Waals surface area (Å²) in [6.07, 6.45) is 2.09. The number of aryl methyl sites for hydroxylation is 1. The Hall–Kier alpha value is -1.42. The second-order valence-electron chi connectivity index (χ2n) is 4.47. The molecule has 3 nitrogen and oxygen atoms in total. The third-order valence-corrected chi connectivity index (χ3v) is 3.03. The molecule has 0 radical (unpaired) electrons. The molecule has 0 saturated heterocycles. The van der Waals surface area contributed by atoms with Crippen molar-refractivity contribution in [2.24, 2.45) is 5.73 Å². The van der Waals surface area contributed by atoms with Gasteiger partial charge in [0.05, 0.1) is 17.5 Å². The Balaban J connectivity index is 2.54. The molecular weight excluding hydrogens is 244 g/mol. The van der Waals surface area contributed by atoms with Gasteiger partial charge in [-0.1, -0.05) is 55.4 Å². The van der Waals surface area contributed by atoms with E-state index in [1.54, 1.807) is 0 Å². The molecule has 4 heteroatoms. The predicted molar refractivity (Wildman–Crippen MR) is 78.5 cm³/mol. The van der Waals surface area contributed by atoms with Crippen LogP contribution in [0, 0.1) is 6.92 Å². The third kappa shape index (κ3) is 4.84. The van der Waals surface area contributed by atoms with Crippen LogP contribution in [-0.2, 0) is 11.2 Å². The van der Waals surface area contributed by atoms with Crippen LogP contribution in [0.2, 0.25) is 0 Å². The number of nitrogens with one attached hydrogen (secondary N) is 1. The van der Waals surface area contributed by atoms with Crippen molar-refractivity contribution >= 4 is 23.1 Å².